The van der Waals surface area contributed by atoms with Gasteiger partial charge in [0.15, 0.2) is 5.16 Å². The van der Waals surface area contributed by atoms with Crippen LogP contribution in [0.25, 0.3) is 0 Å². The van der Waals surface area contributed by atoms with Crippen LogP contribution in [-0.2, 0) is 0 Å². The summed E-state index contributed by atoms with van der Waals surface area (Å²) in [6.07, 6.45) is 3.76. The van der Waals surface area contributed by atoms with Crippen LogP contribution in [0.5, 0.6) is 0 Å². The third-order valence-corrected chi connectivity index (χ3v) is 4.30. The second kappa shape index (κ2) is 5.30. The van der Waals surface area contributed by atoms with Crippen LogP contribution in [-0.4, -0.2) is 45.6 Å². The summed E-state index contributed by atoms with van der Waals surface area (Å²) in [6.45, 7) is 3.85. The molecule has 1 aliphatic heterocycles. The smallest absolute Gasteiger partial charge is 0.208 e. The van der Waals surface area contributed by atoms with Gasteiger partial charge in [0, 0.05) is 19.3 Å². The number of nitrogens with zero attached hydrogens (tertiary/aromatic N) is 5. The molecule has 1 fully saturated rings. The number of hydrogen-bond acceptors (Lipinski definition) is 8. The molecule has 0 spiro atoms. The van der Waals surface area contributed by atoms with Crippen LogP contribution in [0.1, 0.15) is 5.01 Å². The lowest BCUT2D eigenvalue weighted by Crippen LogP contribution is -2.55. The predicted molar refractivity (Wildman–Crippen MR) is 78.1 cm³/mol. The summed E-state index contributed by atoms with van der Waals surface area (Å²) in [4.78, 5) is 10.8. The molecular weight excluding hydrogens is 280 g/mol. The molecule has 2 aromatic rings. The zero-order valence-corrected chi connectivity index (χ0v) is 12.3. The van der Waals surface area contributed by atoms with E-state index >= 15 is 0 Å². The lowest BCUT2D eigenvalue weighted by Gasteiger charge is -2.39. The molecule has 8 heteroatoms. The van der Waals surface area contributed by atoms with E-state index in [1.54, 1.807) is 29.3 Å². The molecule has 0 aromatic carbocycles. The first kappa shape index (κ1) is 12.6. The standard InChI is InChI=1S/C11H14N6S2/c1-7-15-16-11(19-7)17-5-8(6-17)13-9-3-4-12-10(14-9)18-2/h3-4,8H,5-6H2,1-2H3,(H,12,13,14). The minimum atomic E-state index is 0.411. The molecule has 0 amide bonds. The van der Waals surface area contributed by atoms with Crippen LogP contribution in [0.2, 0.25) is 0 Å². The van der Waals surface area contributed by atoms with Crippen molar-refractivity contribution in [2.24, 2.45) is 0 Å². The van der Waals surface area contributed by atoms with Crippen molar-refractivity contribution >= 4 is 34.0 Å². The molecule has 0 bridgehead atoms. The average molecular weight is 294 g/mol. The van der Waals surface area contributed by atoms with Gasteiger partial charge in [-0.15, -0.1) is 10.2 Å². The van der Waals surface area contributed by atoms with Gasteiger partial charge in [0.05, 0.1) is 6.04 Å². The Morgan fingerprint density at radius 1 is 1.42 bits per heavy atom. The Kier molecular flexibility index (Phi) is 3.52. The fourth-order valence-corrected chi connectivity index (χ4v) is 2.93. The lowest BCUT2D eigenvalue weighted by atomic mass is 10.1. The van der Waals surface area contributed by atoms with Crippen LogP contribution in [0.4, 0.5) is 10.9 Å². The van der Waals surface area contributed by atoms with Crippen molar-refractivity contribution in [3.05, 3.63) is 17.3 Å². The van der Waals surface area contributed by atoms with Crippen molar-refractivity contribution in [3.8, 4) is 0 Å². The van der Waals surface area contributed by atoms with E-state index in [0.29, 0.717) is 6.04 Å². The summed E-state index contributed by atoms with van der Waals surface area (Å²) < 4.78 is 0. The van der Waals surface area contributed by atoms with Crippen LogP contribution < -0.4 is 10.2 Å². The van der Waals surface area contributed by atoms with Gasteiger partial charge < -0.3 is 10.2 Å². The average Bonchev–Trinajstić information content (AvgIpc) is 2.80. The molecular formula is C11H14N6S2. The van der Waals surface area contributed by atoms with Gasteiger partial charge in [-0.25, -0.2) is 9.97 Å². The van der Waals surface area contributed by atoms with Crippen molar-refractivity contribution in [2.45, 2.75) is 18.1 Å². The van der Waals surface area contributed by atoms with E-state index in [0.717, 1.165) is 34.2 Å². The SMILES string of the molecule is CSc1nccc(NC2CN(c3nnc(C)s3)C2)n1. The highest BCUT2D eigenvalue weighted by Gasteiger charge is 2.29. The first-order chi connectivity index (χ1) is 9.24. The third kappa shape index (κ3) is 2.79. The van der Waals surface area contributed by atoms with Crippen molar-refractivity contribution in [1.29, 1.82) is 0 Å². The zero-order chi connectivity index (χ0) is 13.2. The van der Waals surface area contributed by atoms with Gasteiger partial charge in [-0.2, -0.15) is 0 Å². The normalized spacial score (nSPS) is 15.4. The Morgan fingerprint density at radius 3 is 2.95 bits per heavy atom. The molecule has 19 heavy (non-hydrogen) atoms. The minimum Gasteiger partial charge on any atom is -0.364 e. The number of aromatic nitrogens is 4. The van der Waals surface area contributed by atoms with Gasteiger partial charge in [-0.1, -0.05) is 23.1 Å². The van der Waals surface area contributed by atoms with E-state index in [-0.39, 0.29) is 0 Å². The highest BCUT2D eigenvalue weighted by Crippen LogP contribution is 2.25. The van der Waals surface area contributed by atoms with Gasteiger partial charge in [0.2, 0.25) is 5.13 Å². The maximum Gasteiger partial charge on any atom is 0.208 e. The first-order valence-corrected chi connectivity index (χ1v) is 7.97. The minimum absolute atomic E-state index is 0.411. The van der Waals surface area contributed by atoms with Crippen molar-refractivity contribution in [2.75, 3.05) is 29.6 Å². The summed E-state index contributed by atoms with van der Waals surface area (Å²) >= 11 is 3.18. The van der Waals surface area contributed by atoms with E-state index in [1.165, 1.54) is 0 Å². The molecule has 0 radical (unpaired) electrons. The molecule has 100 valence electrons. The van der Waals surface area contributed by atoms with Crippen molar-refractivity contribution < 1.29 is 0 Å². The number of thioether (sulfide) groups is 1. The van der Waals surface area contributed by atoms with Crippen molar-refractivity contribution in [1.82, 2.24) is 20.2 Å². The number of anilines is 2. The second-order valence-electron chi connectivity index (χ2n) is 4.28. The van der Waals surface area contributed by atoms with E-state index < -0.39 is 0 Å². The molecule has 3 heterocycles. The maximum atomic E-state index is 4.41. The van der Waals surface area contributed by atoms with Crippen LogP contribution >= 0.6 is 23.1 Å². The van der Waals surface area contributed by atoms with E-state index in [4.69, 9.17) is 0 Å². The Labute approximate surface area is 119 Å². The molecule has 0 atom stereocenters. The first-order valence-electron chi connectivity index (χ1n) is 5.93. The fraction of sp³-hybridized carbons (Fsp3) is 0.455. The van der Waals surface area contributed by atoms with Gasteiger partial charge >= 0.3 is 0 Å². The topological polar surface area (TPSA) is 66.8 Å². The summed E-state index contributed by atoms with van der Waals surface area (Å²) in [6, 6.07) is 2.31. The highest BCUT2D eigenvalue weighted by atomic mass is 32.2. The number of nitrogens with one attached hydrogen (secondary N) is 1. The predicted octanol–water partition coefficient (Wildman–Crippen LogP) is 1.66. The lowest BCUT2D eigenvalue weighted by molar-refractivity contribution is 0.545. The molecule has 6 nitrogen and oxygen atoms in total. The number of hydrogen-bond donors (Lipinski definition) is 1. The Morgan fingerprint density at radius 2 is 2.26 bits per heavy atom. The second-order valence-corrected chi connectivity index (χ2v) is 6.21. The van der Waals surface area contributed by atoms with Gasteiger partial charge in [-0.3, -0.25) is 0 Å². The highest BCUT2D eigenvalue weighted by molar-refractivity contribution is 7.98. The molecule has 1 aliphatic rings. The summed E-state index contributed by atoms with van der Waals surface area (Å²) in [5.41, 5.74) is 0. The molecule has 0 unspecified atom stereocenters. The summed E-state index contributed by atoms with van der Waals surface area (Å²) in [5, 5.41) is 14.4. The Balaban J connectivity index is 1.56. The Bertz CT molecular complexity index is 566. The molecule has 1 saturated heterocycles. The van der Waals surface area contributed by atoms with Gasteiger partial charge in [0.1, 0.15) is 10.8 Å². The quantitative estimate of drug-likeness (QED) is 0.679. The fourth-order valence-electron chi connectivity index (χ4n) is 1.87. The van der Waals surface area contributed by atoms with Gasteiger partial charge in [0.25, 0.3) is 0 Å². The van der Waals surface area contributed by atoms with Crippen LogP contribution in [0.3, 0.4) is 0 Å². The van der Waals surface area contributed by atoms with Gasteiger partial charge in [-0.05, 0) is 19.2 Å². The monoisotopic (exact) mass is 294 g/mol. The maximum absolute atomic E-state index is 4.41. The Hall–Kier alpha value is -1.41. The van der Waals surface area contributed by atoms with E-state index in [1.807, 2.05) is 19.2 Å². The zero-order valence-electron chi connectivity index (χ0n) is 10.7. The molecule has 0 saturated carbocycles. The van der Waals surface area contributed by atoms with Crippen LogP contribution in [0.15, 0.2) is 17.4 Å². The van der Waals surface area contributed by atoms with Crippen LogP contribution in [0, 0.1) is 6.92 Å². The summed E-state index contributed by atoms with van der Waals surface area (Å²) in [5.74, 6) is 0.887. The van der Waals surface area contributed by atoms with E-state index in [2.05, 4.69) is 30.4 Å². The summed E-state index contributed by atoms with van der Waals surface area (Å²) in [7, 11) is 0. The third-order valence-electron chi connectivity index (χ3n) is 2.84. The number of aryl methyl sites for hydroxylation is 1. The largest absolute Gasteiger partial charge is 0.364 e. The molecule has 2 aromatic heterocycles. The number of rotatable bonds is 4. The molecule has 1 N–H and O–H groups in total. The molecule has 0 aliphatic carbocycles. The van der Waals surface area contributed by atoms with E-state index in [9.17, 15) is 0 Å². The molecule has 3 rings (SSSR count). The van der Waals surface area contributed by atoms with Crippen molar-refractivity contribution in [3.63, 3.8) is 0 Å².